The van der Waals surface area contributed by atoms with E-state index in [2.05, 4.69) is 17.0 Å². The van der Waals surface area contributed by atoms with Crippen molar-refractivity contribution in [3.63, 3.8) is 0 Å². The molecule has 0 aromatic heterocycles. The lowest BCUT2D eigenvalue weighted by atomic mass is 10.1. The van der Waals surface area contributed by atoms with Crippen molar-refractivity contribution in [2.45, 2.75) is 25.9 Å². The van der Waals surface area contributed by atoms with Crippen LogP contribution in [0.3, 0.4) is 0 Å². The lowest BCUT2D eigenvalue weighted by Crippen LogP contribution is -2.25. The minimum Gasteiger partial charge on any atom is -0.388 e. The Labute approximate surface area is 103 Å². The van der Waals surface area contributed by atoms with Crippen LogP contribution in [0.5, 0.6) is 0 Å². The van der Waals surface area contributed by atoms with Gasteiger partial charge in [0.05, 0.1) is 12.7 Å². The van der Waals surface area contributed by atoms with Crippen LogP contribution in [0.1, 0.15) is 31.4 Å². The Hall–Kier alpha value is -1.06. The van der Waals surface area contributed by atoms with Gasteiger partial charge in [-0.3, -0.25) is 0 Å². The molecule has 1 aliphatic rings. The Kier molecular flexibility index (Phi) is 4.40. The van der Waals surface area contributed by atoms with E-state index in [9.17, 15) is 5.11 Å². The number of aliphatic hydroxyl groups excluding tert-OH is 1. The third-order valence-corrected chi connectivity index (χ3v) is 3.25. The second-order valence-electron chi connectivity index (χ2n) is 4.47. The molecular formula is C14H21NO2. The summed E-state index contributed by atoms with van der Waals surface area (Å²) >= 11 is 0. The quantitative estimate of drug-likeness (QED) is 0.873. The number of aliphatic hydroxyl groups is 1. The average Bonchev–Trinajstić information content (AvgIpc) is 2.67. The highest BCUT2D eigenvalue weighted by atomic mass is 16.5. The molecule has 0 aliphatic carbocycles. The minimum atomic E-state index is -0.337. The highest BCUT2D eigenvalue weighted by Crippen LogP contribution is 2.21. The van der Waals surface area contributed by atoms with E-state index in [1.54, 1.807) is 0 Å². The molecule has 17 heavy (non-hydrogen) atoms. The minimum absolute atomic E-state index is 0.337. The van der Waals surface area contributed by atoms with Gasteiger partial charge in [-0.15, -0.1) is 0 Å². The maximum atomic E-state index is 9.74. The smallest absolute Gasteiger partial charge is 0.0787 e. The van der Waals surface area contributed by atoms with Crippen LogP contribution in [-0.4, -0.2) is 31.4 Å². The van der Waals surface area contributed by atoms with Gasteiger partial charge < -0.3 is 14.7 Å². The van der Waals surface area contributed by atoms with Crippen molar-refractivity contribution in [2.24, 2.45) is 0 Å². The summed E-state index contributed by atoms with van der Waals surface area (Å²) in [5.41, 5.74) is 2.23. The first-order valence-electron chi connectivity index (χ1n) is 6.42. The number of benzene rings is 1. The van der Waals surface area contributed by atoms with Gasteiger partial charge in [-0.25, -0.2) is 0 Å². The molecule has 0 bridgehead atoms. The van der Waals surface area contributed by atoms with Gasteiger partial charge >= 0.3 is 0 Å². The molecule has 1 atom stereocenters. The lowest BCUT2D eigenvalue weighted by Gasteiger charge is -2.22. The monoisotopic (exact) mass is 235 g/mol. The van der Waals surface area contributed by atoms with Crippen LogP contribution in [0.15, 0.2) is 24.3 Å². The first kappa shape index (κ1) is 12.4. The Morgan fingerprint density at radius 3 is 2.71 bits per heavy atom. The van der Waals surface area contributed by atoms with Gasteiger partial charge in [-0.2, -0.15) is 0 Å². The second kappa shape index (κ2) is 6.03. The summed E-state index contributed by atoms with van der Waals surface area (Å²) in [6.07, 6.45) is 1.51. The van der Waals surface area contributed by atoms with Crippen LogP contribution in [0.4, 0.5) is 5.69 Å². The van der Waals surface area contributed by atoms with Gasteiger partial charge in [0.2, 0.25) is 0 Å². The van der Waals surface area contributed by atoms with Crippen LogP contribution in [0.2, 0.25) is 0 Å². The van der Waals surface area contributed by atoms with E-state index < -0.39 is 0 Å². The molecule has 0 amide bonds. The molecule has 1 heterocycles. The van der Waals surface area contributed by atoms with Crippen LogP contribution < -0.4 is 4.90 Å². The normalized spacial score (nSPS) is 18.8. The fourth-order valence-electron chi connectivity index (χ4n) is 2.15. The molecule has 1 aromatic carbocycles. The molecule has 0 spiro atoms. The van der Waals surface area contributed by atoms with E-state index in [0.29, 0.717) is 0 Å². The fourth-order valence-corrected chi connectivity index (χ4v) is 2.15. The van der Waals surface area contributed by atoms with Crippen LogP contribution >= 0.6 is 0 Å². The number of rotatable bonds is 3. The zero-order chi connectivity index (χ0) is 12.1. The van der Waals surface area contributed by atoms with Gasteiger partial charge in [0.1, 0.15) is 0 Å². The fraction of sp³-hybridized carbons (Fsp3) is 0.571. The first-order valence-corrected chi connectivity index (χ1v) is 6.42. The van der Waals surface area contributed by atoms with E-state index in [-0.39, 0.29) is 6.10 Å². The molecule has 2 rings (SSSR count). The average molecular weight is 235 g/mol. The van der Waals surface area contributed by atoms with Crippen LogP contribution in [0, 0.1) is 0 Å². The molecule has 1 saturated heterocycles. The summed E-state index contributed by atoms with van der Waals surface area (Å²) in [4.78, 5) is 2.34. The Morgan fingerprint density at radius 1 is 1.24 bits per heavy atom. The number of nitrogens with zero attached hydrogens (tertiary/aromatic N) is 1. The summed E-state index contributed by atoms with van der Waals surface area (Å²) in [6.45, 7) is 5.67. The van der Waals surface area contributed by atoms with E-state index in [1.165, 1.54) is 5.69 Å². The number of anilines is 1. The number of hydrogen-bond donors (Lipinski definition) is 1. The van der Waals surface area contributed by atoms with E-state index in [4.69, 9.17) is 4.74 Å². The molecule has 1 N–H and O–H groups in total. The first-order chi connectivity index (χ1) is 8.31. The maximum absolute atomic E-state index is 9.74. The Balaban J connectivity index is 2.05. The molecule has 1 aromatic rings. The molecular weight excluding hydrogens is 214 g/mol. The predicted molar refractivity (Wildman–Crippen MR) is 69.3 cm³/mol. The van der Waals surface area contributed by atoms with Crippen molar-refractivity contribution in [1.29, 1.82) is 0 Å². The Morgan fingerprint density at radius 2 is 2.00 bits per heavy atom. The zero-order valence-electron chi connectivity index (χ0n) is 10.4. The van der Waals surface area contributed by atoms with E-state index in [1.807, 2.05) is 19.1 Å². The maximum Gasteiger partial charge on any atom is 0.0787 e. The summed E-state index contributed by atoms with van der Waals surface area (Å²) in [6, 6.07) is 8.24. The topological polar surface area (TPSA) is 32.7 Å². The largest absolute Gasteiger partial charge is 0.388 e. The van der Waals surface area contributed by atoms with Gasteiger partial charge in [-0.05, 0) is 30.5 Å². The third kappa shape index (κ3) is 3.20. The predicted octanol–water partition coefficient (Wildman–Crippen LogP) is 2.36. The highest BCUT2D eigenvalue weighted by molar-refractivity contribution is 5.48. The van der Waals surface area contributed by atoms with Crippen molar-refractivity contribution in [3.8, 4) is 0 Å². The van der Waals surface area contributed by atoms with Crippen molar-refractivity contribution in [2.75, 3.05) is 31.2 Å². The molecule has 0 saturated carbocycles. The van der Waals surface area contributed by atoms with Gasteiger partial charge in [0.25, 0.3) is 0 Å². The molecule has 3 heteroatoms. The Bertz CT molecular complexity index is 329. The van der Waals surface area contributed by atoms with Gasteiger partial charge in [0.15, 0.2) is 0 Å². The van der Waals surface area contributed by atoms with Crippen LogP contribution in [0.25, 0.3) is 0 Å². The van der Waals surface area contributed by atoms with Crippen molar-refractivity contribution in [3.05, 3.63) is 29.8 Å². The lowest BCUT2D eigenvalue weighted by molar-refractivity contribution is 0.152. The number of ether oxygens (including phenoxy) is 1. The summed E-state index contributed by atoms with van der Waals surface area (Å²) < 4.78 is 5.44. The number of hydrogen-bond acceptors (Lipinski definition) is 3. The second-order valence-corrected chi connectivity index (χ2v) is 4.47. The highest BCUT2D eigenvalue weighted by Gasteiger charge is 2.10. The molecule has 1 unspecified atom stereocenters. The summed E-state index contributed by atoms with van der Waals surface area (Å²) in [5.74, 6) is 0. The molecule has 3 nitrogen and oxygen atoms in total. The van der Waals surface area contributed by atoms with Crippen molar-refractivity contribution >= 4 is 5.69 Å². The van der Waals surface area contributed by atoms with E-state index in [0.717, 1.165) is 44.7 Å². The molecule has 94 valence electrons. The van der Waals surface area contributed by atoms with Crippen molar-refractivity contribution in [1.82, 2.24) is 0 Å². The molecule has 1 fully saturated rings. The molecule has 1 aliphatic heterocycles. The van der Waals surface area contributed by atoms with Gasteiger partial charge in [-0.1, -0.05) is 19.1 Å². The zero-order valence-corrected chi connectivity index (χ0v) is 10.4. The molecule has 0 radical (unpaired) electrons. The van der Waals surface area contributed by atoms with E-state index >= 15 is 0 Å². The summed E-state index contributed by atoms with van der Waals surface area (Å²) in [7, 11) is 0. The van der Waals surface area contributed by atoms with Crippen LogP contribution in [-0.2, 0) is 4.74 Å². The summed E-state index contributed by atoms with van der Waals surface area (Å²) in [5, 5.41) is 9.74. The SMILES string of the molecule is CCC(O)c1ccc(N2CCCOCC2)cc1. The standard InChI is InChI=1S/C14H21NO2/c1-2-14(16)12-4-6-13(7-5-12)15-8-3-10-17-11-9-15/h4-7,14,16H,2-3,8-11H2,1H3. The van der Waals surface area contributed by atoms with Crippen molar-refractivity contribution < 1.29 is 9.84 Å². The third-order valence-electron chi connectivity index (χ3n) is 3.25. The van der Waals surface area contributed by atoms with Gasteiger partial charge in [0, 0.05) is 25.4 Å².